The molecular formula is C20H22S2Si2. The summed E-state index contributed by atoms with van der Waals surface area (Å²) in [5.74, 6) is 6.80. The standard InChI is InChI=1S/C20H22S2Si2/c1-23(2,3)11-9-16-13-15-7-8-19-18(20(15)22-16)14-17(21-19)10-12-24(4,5)6/h7-8,13-14H,1-6H3. The quantitative estimate of drug-likeness (QED) is 0.304. The van der Waals surface area contributed by atoms with Gasteiger partial charge in [-0.3, -0.25) is 0 Å². The van der Waals surface area contributed by atoms with Gasteiger partial charge in [0, 0.05) is 14.8 Å². The van der Waals surface area contributed by atoms with Crippen molar-refractivity contribution in [2.45, 2.75) is 39.3 Å². The van der Waals surface area contributed by atoms with E-state index in [9.17, 15) is 0 Å². The topological polar surface area (TPSA) is 0 Å². The largest absolute Gasteiger partial charge is 0.129 e. The molecule has 0 radical (unpaired) electrons. The summed E-state index contributed by atoms with van der Waals surface area (Å²) in [7, 11) is -2.67. The van der Waals surface area contributed by atoms with Crippen molar-refractivity contribution in [2.75, 3.05) is 0 Å². The van der Waals surface area contributed by atoms with Crippen LogP contribution in [0.5, 0.6) is 0 Å². The van der Waals surface area contributed by atoms with Crippen LogP contribution in [-0.4, -0.2) is 16.1 Å². The van der Waals surface area contributed by atoms with E-state index in [2.05, 4.69) is 86.5 Å². The predicted octanol–water partition coefficient (Wildman–Crippen LogP) is 6.57. The zero-order valence-corrected chi connectivity index (χ0v) is 18.8. The Labute approximate surface area is 154 Å². The van der Waals surface area contributed by atoms with Crippen molar-refractivity contribution in [3.05, 3.63) is 34.0 Å². The summed E-state index contributed by atoms with van der Waals surface area (Å²) in [5.41, 5.74) is 6.95. The molecule has 122 valence electrons. The van der Waals surface area contributed by atoms with Crippen LogP contribution in [0.1, 0.15) is 9.75 Å². The van der Waals surface area contributed by atoms with Crippen LogP contribution in [0.25, 0.3) is 20.2 Å². The molecule has 24 heavy (non-hydrogen) atoms. The van der Waals surface area contributed by atoms with E-state index in [4.69, 9.17) is 0 Å². The fraction of sp³-hybridized carbons (Fsp3) is 0.300. The minimum Gasteiger partial charge on any atom is -0.127 e. The number of thiophene rings is 2. The fourth-order valence-corrected chi connectivity index (χ4v) is 5.45. The van der Waals surface area contributed by atoms with Gasteiger partial charge < -0.3 is 0 Å². The molecule has 0 aliphatic heterocycles. The molecule has 0 bridgehead atoms. The van der Waals surface area contributed by atoms with Gasteiger partial charge in [0.15, 0.2) is 0 Å². The van der Waals surface area contributed by atoms with Crippen LogP contribution in [0.3, 0.4) is 0 Å². The third kappa shape index (κ3) is 4.20. The maximum atomic E-state index is 3.47. The van der Waals surface area contributed by atoms with E-state index in [1.165, 1.54) is 29.9 Å². The average Bonchev–Trinajstić information content (AvgIpc) is 3.04. The van der Waals surface area contributed by atoms with Crippen molar-refractivity contribution in [3.63, 3.8) is 0 Å². The normalized spacial score (nSPS) is 11.9. The van der Waals surface area contributed by atoms with Crippen LogP contribution in [0.2, 0.25) is 39.3 Å². The van der Waals surface area contributed by atoms with Crippen LogP contribution < -0.4 is 0 Å². The van der Waals surface area contributed by atoms with E-state index in [-0.39, 0.29) is 0 Å². The van der Waals surface area contributed by atoms with Crippen molar-refractivity contribution in [1.29, 1.82) is 0 Å². The van der Waals surface area contributed by atoms with E-state index in [0.29, 0.717) is 0 Å². The van der Waals surface area contributed by atoms with Gasteiger partial charge in [-0.2, -0.15) is 0 Å². The second-order valence-corrected chi connectivity index (χ2v) is 19.8. The highest BCUT2D eigenvalue weighted by molar-refractivity contribution is 7.23. The maximum absolute atomic E-state index is 3.47. The lowest BCUT2D eigenvalue weighted by Crippen LogP contribution is -2.16. The monoisotopic (exact) mass is 382 g/mol. The fourth-order valence-electron chi connectivity index (χ4n) is 2.23. The van der Waals surface area contributed by atoms with E-state index in [1.807, 2.05) is 11.3 Å². The highest BCUT2D eigenvalue weighted by Crippen LogP contribution is 2.36. The SMILES string of the molecule is C[Si](C)(C)C#Cc1cc2c(ccc3cc(C#C[Si](C)(C)C)sc32)s1. The summed E-state index contributed by atoms with van der Waals surface area (Å²) < 4.78 is 2.68. The van der Waals surface area contributed by atoms with Crippen molar-refractivity contribution >= 4 is 59.0 Å². The Kier molecular flexibility index (Phi) is 4.53. The van der Waals surface area contributed by atoms with Crippen LogP contribution in [0.15, 0.2) is 24.3 Å². The second-order valence-electron chi connectivity index (χ2n) is 8.12. The van der Waals surface area contributed by atoms with Crippen molar-refractivity contribution in [1.82, 2.24) is 0 Å². The van der Waals surface area contributed by atoms with E-state index in [0.717, 1.165) is 0 Å². The van der Waals surface area contributed by atoms with Gasteiger partial charge in [-0.05, 0) is 23.6 Å². The average molecular weight is 383 g/mol. The number of hydrogen-bond donors (Lipinski definition) is 0. The highest BCUT2D eigenvalue weighted by Gasteiger charge is 2.11. The smallest absolute Gasteiger partial charge is 0.127 e. The number of hydrogen-bond acceptors (Lipinski definition) is 2. The third-order valence-corrected chi connectivity index (χ3v) is 7.17. The first-order valence-corrected chi connectivity index (χ1v) is 16.8. The molecule has 0 amide bonds. The predicted molar refractivity (Wildman–Crippen MR) is 118 cm³/mol. The summed E-state index contributed by atoms with van der Waals surface area (Å²) in [6.07, 6.45) is 0. The molecule has 0 spiro atoms. The summed E-state index contributed by atoms with van der Waals surface area (Å²) in [6.45, 7) is 13.7. The van der Waals surface area contributed by atoms with Gasteiger partial charge in [-0.1, -0.05) is 57.2 Å². The Bertz CT molecular complexity index is 947. The molecular weight excluding hydrogens is 361 g/mol. The molecule has 3 rings (SSSR count). The number of rotatable bonds is 0. The van der Waals surface area contributed by atoms with Gasteiger partial charge in [-0.15, -0.1) is 33.8 Å². The van der Waals surface area contributed by atoms with Crippen molar-refractivity contribution in [2.24, 2.45) is 0 Å². The summed E-state index contributed by atoms with van der Waals surface area (Å²) in [5, 5.41) is 2.64. The highest BCUT2D eigenvalue weighted by atomic mass is 32.1. The lowest BCUT2D eigenvalue weighted by molar-refractivity contribution is 1.81. The van der Waals surface area contributed by atoms with Gasteiger partial charge in [0.2, 0.25) is 0 Å². The molecule has 0 fully saturated rings. The summed E-state index contributed by atoms with van der Waals surface area (Å²) in [6, 6.07) is 8.95. The maximum Gasteiger partial charge on any atom is 0.129 e. The lowest BCUT2D eigenvalue weighted by Gasteiger charge is -2.02. The third-order valence-electron chi connectivity index (χ3n) is 3.30. The molecule has 0 unspecified atom stereocenters. The van der Waals surface area contributed by atoms with Crippen LogP contribution in [0, 0.1) is 22.9 Å². The zero-order valence-electron chi connectivity index (χ0n) is 15.1. The van der Waals surface area contributed by atoms with E-state index in [1.54, 1.807) is 11.3 Å². The van der Waals surface area contributed by atoms with Crippen molar-refractivity contribution in [3.8, 4) is 22.9 Å². The minimum absolute atomic E-state index is 1.18. The van der Waals surface area contributed by atoms with Crippen molar-refractivity contribution < 1.29 is 0 Å². The first-order valence-electron chi connectivity index (χ1n) is 8.13. The molecule has 0 atom stereocenters. The molecule has 0 aliphatic carbocycles. The van der Waals surface area contributed by atoms with Gasteiger partial charge >= 0.3 is 0 Å². The Hall–Kier alpha value is -1.31. The molecule has 2 heterocycles. The van der Waals surface area contributed by atoms with Gasteiger partial charge in [0.1, 0.15) is 16.1 Å². The molecule has 4 heteroatoms. The van der Waals surface area contributed by atoms with Crippen LogP contribution in [0.4, 0.5) is 0 Å². The Morgan fingerprint density at radius 3 is 1.92 bits per heavy atom. The van der Waals surface area contributed by atoms with Gasteiger partial charge in [0.25, 0.3) is 0 Å². The first-order chi connectivity index (χ1) is 11.1. The summed E-state index contributed by atoms with van der Waals surface area (Å²) in [4.78, 5) is 2.36. The first kappa shape index (κ1) is 17.5. The number of benzene rings is 1. The molecule has 0 N–H and O–H groups in total. The lowest BCUT2D eigenvalue weighted by atomic mass is 10.2. The zero-order chi connectivity index (χ0) is 17.5. The van der Waals surface area contributed by atoms with Gasteiger partial charge in [-0.25, -0.2) is 0 Å². The Balaban J connectivity index is 2.09. The number of fused-ring (bicyclic) bond motifs is 3. The van der Waals surface area contributed by atoms with E-state index < -0.39 is 16.1 Å². The molecule has 0 aliphatic rings. The van der Waals surface area contributed by atoms with Gasteiger partial charge in [0.05, 0.1) is 9.75 Å². The Morgan fingerprint density at radius 2 is 1.33 bits per heavy atom. The van der Waals surface area contributed by atoms with Crippen LogP contribution >= 0.6 is 22.7 Å². The minimum atomic E-state index is -1.33. The molecule has 3 aromatic rings. The van der Waals surface area contributed by atoms with Crippen LogP contribution in [-0.2, 0) is 0 Å². The molecule has 2 aromatic heterocycles. The Morgan fingerprint density at radius 1 is 0.750 bits per heavy atom. The molecule has 1 aromatic carbocycles. The second kappa shape index (κ2) is 6.20. The molecule has 0 saturated carbocycles. The summed E-state index contributed by atoms with van der Waals surface area (Å²) >= 11 is 3.63. The van der Waals surface area contributed by atoms with E-state index >= 15 is 0 Å². The molecule has 0 nitrogen and oxygen atoms in total. The molecule has 0 saturated heterocycles.